The van der Waals surface area contributed by atoms with Crippen LogP contribution in [0.25, 0.3) is 0 Å². The summed E-state index contributed by atoms with van der Waals surface area (Å²) < 4.78 is 1.87. The minimum atomic E-state index is -0.171. The van der Waals surface area contributed by atoms with Gasteiger partial charge in [-0.1, -0.05) is 31.9 Å². The molecule has 2 nitrogen and oxygen atoms in total. The molecule has 0 saturated heterocycles. The van der Waals surface area contributed by atoms with Crippen molar-refractivity contribution in [2.75, 3.05) is 5.32 Å². The molecule has 1 N–H and O–H groups in total. The van der Waals surface area contributed by atoms with E-state index in [0.29, 0.717) is 10.5 Å². The molecule has 0 atom stereocenters. The average molecular weight is 387 g/mol. The van der Waals surface area contributed by atoms with E-state index in [2.05, 4.69) is 49.8 Å². The zero-order valence-electron chi connectivity index (χ0n) is 9.15. The largest absolute Gasteiger partial charge is 0.322 e. The molecule has 0 fully saturated rings. The second-order valence-corrected chi connectivity index (χ2v) is 5.94. The molecule has 2 aromatic carbocycles. The lowest BCUT2D eigenvalue weighted by Crippen LogP contribution is -2.12. The standard InChI is InChI=1S/C13H9Br2NOS/c14-8-1-4-10(5-2-8)16-13(17)11-6-3-9(15)7-12(11)18/h1-7,18H,(H,16,17). The van der Waals surface area contributed by atoms with Gasteiger partial charge in [0.15, 0.2) is 0 Å². The van der Waals surface area contributed by atoms with Gasteiger partial charge in [0.1, 0.15) is 0 Å². The highest BCUT2D eigenvalue weighted by Crippen LogP contribution is 2.21. The Hall–Kier alpha value is -0.780. The zero-order valence-corrected chi connectivity index (χ0v) is 13.2. The fourth-order valence-electron chi connectivity index (χ4n) is 1.43. The van der Waals surface area contributed by atoms with Crippen LogP contribution >= 0.6 is 44.5 Å². The first-order valence-electron chi connectivity index (χ1n) is 5.12. The number of hydrogen-bond donors (Lipinski definition) is 2. The lowest BCUT2D eigenvalue weighted by molar-refractivity contribution is 0.102. The number of thiol groups is 1. The molecule has 0 radical (unpaired) electrons. The quantitative estimate of drug-likeness (QED) is 0.716. The summed E-state index contributed by atoms with van der Waals surface area (Å²) in [4.78, 5) is 12.7. The molecule has 0 aliphatic carbocycles. The third-order valence-electron chi connectivity index (χ3n) is 2.31. The summed E-state index contributed by atoms with van der Waals surface area (Å²) in [7, 11) is 0. The van der Waals surface area contributed by atoms with Crippen molar-refractivity contribution in [1.29, 1.82) is 0 Å². The lowest BCUT2D eigenvalue weighted by Gasteiger charge is -2.07. The number of carbonyl (C=O) groups excluding carboxylic acids is 1. The summed E-state index contributed by atoms with van der Waals surface area (Å²) in [5.74, 6) is -0.171. The van der Waals surface area contributed by atoms with Gasteiger partial charge in [-0.05, 0) is 42.5 Å². The fraction of sp³-hybridized carbons (Fsp3) is 0. The molecule has 2 rings (SSSR count). The minimum absolute atomic E-state index is 0.171. The van der Waals surface area contributed by atoms with Crippen LogP contribution in [0.4, 0.5) is 5.69 Å². The first kappa shape index (κ1) is 13.6. The average Bonchev–Trinajstić information content (AvgIpc) is 2.32. The Morgan fingerprint density at radius 2 is 1.61 bits per heavy atom. The van der Waals surface area contributed by atoms with Crippen molar-refractivity contribution in [1.82, 2.24) is 0 Å². The van der Waals surface area contributed by atoms with Gasteiger partial charge in [0.25, 0.3) is 5.91 Å². The fourth-order valence-corrected chi connectivity index (χ4v) is 2.55. The van der Waals surface area contributed by atoms with Gasteiger partial charge in [-0.15, -0.1) is 12.6 Å². The van der Waals surface area contributed by atoms with E-state index in [4.69, 9.17) is 0 Å². The van der Waals surface area contributed by atoms with Gasteiger partial charge >= 0.3 is 0 Å². The van der Waals surface area contributed by atoms with Crippen LogP contribution in [0, 0.1) is 0 Å². The van der Waals surface area contributed by atoms with Crippen molar-refractivity contribution < 1.29 is 4.79 Å². The van der Waals surface area contributed by atoms with Gasteiger partial charge in [-0.3, -0.25) is 4.79 Å². The predicted octanol–water partition coefficient (Wildman–Crippen LogP) is 4.75. The summed E-state index contributed by atoms with van der Waals surface area (Å²) in [6, 6.07) is 12.8. The van der Waals surface area contributed by atoms with Crippen molar-refractivity contribution in [3.63, 3.8) is 0 Å². The lowest BCUT2D eigenvalue weighted by atomic mass is 10.2. The molecule has 0 spiro atoms. The molecule has 5 heteroatoms. The highest BCUT2D eigenvalue weighted by Gasteiger charge is 2.09. The van der Waals surface area contributed by atoms with Gasteiger partial charge in [0.2, 0.25) is 0 Å². The summed E-state index contributed by atoms with van der Waals surface area (Å²) in [6.07, 6.45) is 0. The number of carbonyl (C=O) groups is 1. The van der Waals surface area contributed by atoms with Crippen LogP contribution in [0.5, 0.6) is 0 Å². The Bertz CT molecular complexity index is 584. The van der Waals surface area contributed by atoms with Gasteiger partial charge in [0.05, 0.1) is 5.56 Å². The van der Waals surface area contributed by atoms with E-state index in [1.165, 1.54) is 0 Å². The number of anilines is 1. The van der Waals surface area contributed by atoms with Crippen molar-refractivity contribution >= 4 is 56.1 Å². The van der Waals surface area contributed by atoms with Crippen molar-refractivity contribution in [2.24, 2.45) is 0 Å². The summed E-state index contributed by atoms with van der Waals surface area (Å²) in [5, 5.41) is 2.82. The van der Waals surface area contributed by atoms with Crippen molar-refractivity contribution in [2.45, 2.75) is 4.90 Å². The van der Waals surface area contributed by atoms with Gasteiger partial charge in [-0.2, -0.15) is 0 Å². The molecular formula is C13H9Br2NOS. The second-order valence-electron chi connectivity index (χ2n) is 3.62. The Morgan fingerprint density at radius 3 is 2.22 bits per heavy atom. The van der Waals surface area contributed by atoms with Crippen LogP contribution in [-0.2, 0) is 0 Å². The highest BCUT2D eigenvalue weighted by molar-refractivity contribution is 9.10. The molecule has 0 saturated carbocycles. The van der Waals surface area contributed by atoms with E-state index in [0.717, 1.165) is 14.6 Å². The first-order chi connectivity index (χ1) is 8.56. The molecule has 18 heavy (non-hydrogen) atoms. The van der Waals surface area contributed by atoms with Gasteiger partial charge < -0.3 is 5.32 Å². The van der Waals surface area contributed by atoms with E-state index in [1.54, 1.807) is 12.1 Å². The number of nitrogens with one attached hydrogen (secondary N) is 1. The van der Waals surface area contributed by atoms with E-state index in [9.17, 15) is 4.79 Å². The normalized spacial score (nSPS) is 10.2. The van der Waals surface area contributed by atoms with E-state index >= 15 is 0 Å². The Balaban J connectivity index is 2.19. The highest BCUT2D eigenvalue weighted by atomic mass is 79.9. The molecule has 92 valence electrons. The summed E-state index contributed by atoms with van der Waals surface area (Å²) >= 11 is 11.0. The topological polar surface area (TPSA) is 29.1 Å². The molecular weight excluding hydrogens is 378 g/mol. The van der Waals surface area contributed by atoms with Crippen LogP contribution in [0.1, 0.15) is 10.4 Å². The number of amides is 1. The van der Waals surface area contributed by atoms with E-state index < -0.39 is 0 Å². The smallest absolute Gasteiger partial charge is 0.256 e. The number of benzene rings is 2. The molecule has 0 aromatic heterocycles. The Kier molecular flexibility index (Phi) is 4.48. The number of halogens is 2. The van der Waals surface area contributed by atoms with Crippen LogP contribution in [-0.4, -0.2) is 5.91 Å². The van der Waals surface area contributed by atoms with E-state index in [1.807, 2.05) is 30.3 Å². The monoisotopic (exact) mass is 385 g/mol. The predicted molar refractivity (Wildman–Crippen MR) is 83.5 cm³/mol. The maximum absolute atomic E-state index is 12.0. The Labute approximate surface area is 127 Å². The van der Waals surface area contributed by atoms with Gasteiger partial charge in [-0.25, -0.2) is 0 Å². The molecule has 0 aliphatic heterocycles. The molecule has 0 aliphatic rings. The molecule has 1 amide bonds. The van der Waals surface area contributed by atoms with Crippen LogP contribution in [0.2, 0.25) is 0 Å². The van der Waals surface area contributed by atoms with Gasteiger partial charge in [0, 0.05) is 19.5 Å². The molecule has 0 bridgehead atoms. The number of hydrogen-bond acceptors (Lipinski definition) is 2. The zero-order chi connectivity index (χ0) is 13.1. The maximum atomic E-state index is 12.0. The summed E-state index contributed by atoms with van der Waals surface area (Å²) in [6.45, 7) is 0. The first-order valence-corrected chi connectivity index (χ1v) is 7.15. The van der Waals surface area contributed by atoms with Crippen LogP contribution in [0.3, 0.4) is 0 Å². The maximum Gasteiger partial charge on any atom is 0.256 e. The SMILES string of the molecule is O=C(Nc1ccc(Br)cc1)c1ccc(Br)cc1S. The second kappa shape index (κ2) is 5.91. The molecule has 0 unspecified atom stereocenters. The van der Waals surface area contributed by atoms with Crippen LogP contribution < -0.4 is 5.32 Å². The molecule has 2 aromatic rings. The third-order valence-corrected chi connectivity index (χ3v) is 3.70. The summed E-state index contributed by atoms with van der Waals surface area (Å²) in [5.41, 5.74) is 1.29. The van der Waals surface area contributed by atoms with Crippen molar-refractivity contribution in [3.05, 3.63) is 57.0 Å². The van der Waals surface area contributed by atoms with Crippen molar-refractivity contribution in [3.8, 4) is 0 Å². The number of rotatable bonds is 2. The van der Waals surface area contributed by atoms with E-state index in [-0.39, 0.29) is 5.91 Å². The minimum Gasteiger partial charge on any atom is -0.322 e. The molecule has 0 heterocycles. The Morgan fingerprint density at radius 1 is 1.00 bits per heavy atom. The third kappa shape index (κ3) is 3.37. The van der Waals surface area contributed by atoms with Crippen LogP contribution in [0.15, 0.2) is 56.3 Å².